The molecule has 0 heterocycles. The van der Waals surface area contributed by atoms with E-state index >= 15 is 0 Å². The second kappa shape index (κ2) is 6.58. The first-order valence-corrected chi connectivity index (χ1v) is 6.48. The first-order valence-electron chi connectivity index (χ1n) is 6.48. The van der Waals surface area contributed by atoms with Crippen molar-refractivity contribution in [2.45, 2.75) is 26.9 Å². The highest BCUT2D eigenvalue weighted by atomic mass is 16.5. The molecule has 16 heavy (non-hydrogen) atoms. The molecule has 0 aliphatic heterocycles. The van der Waals surface area contributed by atoms with Crippen LogP contribution in [-0.4, -0.2) is 76.0 Å². The molecule has 0 spiro atoms. The summed E-state index contributed by atoms with van der Waals surface area (Å²) in [6, 6.07) is 0. The number of nitrogens with zero attached hydrogens (tertiary/aromatic N) is 2. The summed E-state index contributed by atoms with van der Waals surface area (Å²) < 4.78 is 7.96. The van der Waals surface area contributed by atoms with Gasteiger partial charge in [-0.15, -0.1) is 0 Å². The second-order valence-corrected chi connectivity index (χ2v) is 6.13. The molecule has 0 amide bonds. The van der Waals surface area contributed by atoms with Crippen molar-refractivity contribution in [2.75, 3.05) is 61.0 Å². The topological polar surface area (TPSA) is 9.23 Å². The van der Waals surface area contributed by atoms with Gasteiger partial charge < -0.3 is 13.7 Å². The van der Waals surface area contributed by atoms with Gasteiger partial charge in [-0.25, -0.2) is 0 Å². The number of ether oxygens (including phenoxy) is 1. The quantitative estimate of drug-likeness (QED) is 0.578. The van der Waals surface area contributed by atoms with Crippen LogP contribution in [0.1, 0.15) is 20.8 Å². The van der Waals surface area contributed by atoms with Crippen molar-refractivity contribution in [1.82, 2.24) is 0 Å². The molecule has 0 N–H and O–H groups in total. The van der Waals surface area contributed by atoms with Gasteiger partial charge in [0, 0.05) is 0 Å². The number of hydrogen-bond acceptors (Lipinski definition) is 1. The molecule has 3 nitrogen and oxygen atoms in total. The van der Waals surface area contributed by atoms with Gasteiger partial charge in [0.05, 0.1) is 47.9 Å². The van der Waals surface area contributed by atoms with E-state index < -0.39 is 0 Å². The molecule has 0 fully saturated rings. The van der Waals surface area contributed by atoms with Crippen LogP contribution in [0, 0.1) is 0 Å². The van der Waals surface area contributed by atoms with E-state index in [0.717, 1.165) is 28.7 Å². The number of rotatable bonds is 8. The Labute approximate surface area is 102 Å². The normalized spacial score (nSPS) is 15.2. The van der Waals surface area contributed by atoms with Gasteiger partial charge in [0.2, 0.25) is 0 Å². The summed E-state index contributed by atoms with van der Waals surface area (Å²) in [5.74, 6) is 0. The van der Waals surface area contributed by atoms with Gasteiger partial charge in [-0.05, 0) is 20.8 Å². The van der Waals surface area contributed by atoms with Crippen molar-refractivity contribution in [3.8, 4) is 0 Å². The van der Waals surface area contributed by atoms with Crippen molar-refractivity contribution in [2.24, 2.45) is 0 Å². The van der Waals surface area contributed by atoms with E-state index in [1.807, 2.05) is 0 Å². The van der Waals surface area contributed by atoms with E-state index in [1.54, 1.807) is 0 Å². The van der Waals surface area contributed by atoms with Crippen LogP contribution in [0.25, 0.3) is 0 Å². The molecule has 0 rings (SSSR count). The predicted octanol–water partition coefficient (Wildman–Crippen LogP) is 1.58. The van der Waals surface area contributed by atoms with Crippen molar-refractivity contribution in [3.05, 3.63) is 0 Å². The lowest BCUT2D eigenvalue weighted by molar-refractivity contribution is -0.909. The van der Waals surface area contributed by atoms with E-state index in [4.69, 9.17) is 4.74 Å². The molecule has 0 aliphatic rings. The first kappa shape index (κ1) is 15.9. The third-order valence-electron chi connectivity index (χ3n) is 3.39. The second-order valence-electron chi connectivity index (χ2n) is 6.13. The zero-order chi connectivity index (χ0) is 12.8. The van der Waals surface area contributed by atoms with Crippen LogP contribution in [-0.2, 0) is 4.74 Å². The highest BCUT2D eigenvalue weighted by Crippen LogP contribution is 2.06. The van der Waals surface area contributed by atoms with Crippen LogP contribution in [0.5, 0.6) is 0 Å². The Bertz CT molecular complexity index is 183. The van der Waals surface area contributed by atoms with E-state index in [2.05, 4.69) is 49.0 Å². The van der Waals surface area contributed by atoms with Gasteiger partial charge in [0.15, 0.2) is 0 Å². The molecule has 0 aromatic heterocycles. The van der Waals surface area contributed by atoms with Crippen LogP contribution < -0.4 is 0 Å². The van der Waals surface area contributed by atoms with Gasteiger partial charge in [0.25, 0.3) is 0 Å². The molecule has 0 aromatic carbocycles. The van der Waals surface area contributed by atoms with E-state index in [-0.39, 0.29) is 0 Å². The molecule has 0 saturated carbocycles. The highest BCUT2D eigenvalue weighted by molar-refractivity contribution is 4.49. The summed E-state index contributed by atoms with van der Waals surface area (Å²) in [5, 5.41) is 0. The fraction of sp³-hybridized carbons (Fsp3) is 1.00. The zero-order valence-electron chi connectivity index (χ0n) is 12.4. The molecular weight excluding hydrogens is 200 g/mol. The maximum atomic E-state index is 5.89. The third-order valence-corrected chi connectivity index (χ3v) is 3.39. The number of likely N-dealkylation sites (N-methyl/N-ethyl adjacent to an activating group) is 2. The molecule has 1 unspecified atom stereocenters. The fourth-order valence-corrected chi connectivity index (χ4v) is 1.68. The highest BCUT2D eigenvalue weighted by Gasteiger charge is 2.21. The minimum Gasteiger partial charge on any atom is -0.367 e. The maximum absolute atomic E-state index is 5.89. The predicted molar refractivity (Wildman–Crippen MR) is 70.4 cm³/mol. The Morgan fingerprint density at radius 1 is 1.00 bits per heavy atom. The first-order chi connectivity index (χ1) is 7.22. The Kier molecular flexibility index (Phi) is 6.53. The van der Waals surface area contributed by atoms with Crippen molar-refractivity contribution in [3.63, 3.8) is 0 Å². The third kappa shape index (κ3) is 7.20. The summed E-state index contributed by atoms with van der Waals surface area (Å²) in [6.45, 7) is 12.1. The molecular formula is C13H32N2O+2. The average Bonchev–Trinajstić information content (AvgIpc) is 2.15. The Balaban J connectivity index is 3.86. The SMILES string of the molecule is CC[N+](C)(CC)CC(C)OCC[N+](C)(C)C. The maximum Gasteiger partial charge on any atom is 0.105 e. The van der Waals surface area contributed by atoms with E-state index in [9.17, 15) is 0 Å². The van der Waals surface area contributed by atoms with Crippen molar-refractivity contribution in [1.29, 1.82) is 0 Å². The lowest BCUT2D eigenvalue weighted by Crippen LogP contribution is -2.49. The lowest BCUT2D eigenvalue weighted by Gasteiger charge is -2.34. The minimum atomic E-state index is 0.358. The Morgan fingerprint density at radius 2 is 1.50 bits per heavy atom. The molecule has 0 saturated heterocycles. The summed E-state index contributed by atoms with van der Waals surface area (Å²) in [5.41, 5.74) is 0. The fourth-order valence-electron chi connectivity index (χ4n) is 1.68. The standard InChI is InChI=1S/C13H32N2O/c1-8-15(7,9-2)12-13(3)16-11-10-14(4,5)6/h13H,8-12H2,1-7H3/q+2. The summed E-state index contributed by atoms with van der Waals surface area (Å²) in [7, 11) is 8.91. The molecule has 3 heteroatoms. The van der Waals surface area contributed by atoms with Crippen LogP contribution in [0.3, 0.4) is 0 Å². The smallest absolute Gasteiger partial charge is 0.105 e. The average molecular weight is 232 g/mol. The summed E-state index contributed by atoms with van der Waals surface area (Å²) in [4.78, 5) is 0. The minimum absolute atomic E-state index is 0.358. The van der Waals surface area contributed by atoms with Crippen LogP contribution in [0.15, 0.2) is 0 Å². The van der Waals surface area contributed by atoms with Crippen molar-refractivity contribution >= 4 is 0 Å². The van der Waals surface area contributed by atoms with Gasteiger partial charge in [-0.2, -0.15) is 0 Å². The molecule has 0 aromatic rings. The number of hydrogen-bond donors (Lipinski definition) is 0. The summed E-state index contributed by atoms with van der Waals surface area (Å²) in [6.07, 6.45) is 0.358. The van der Waals surface area contributed by atoms with Crippen LogP contribution in [0.4, 0.5) is 0 Å². The van der Waals surface area contributed by atoms with Crippen LogP contribution >= 0.6 is 0 Å². The molecule has 0 aliphatic carbocycles. The summed E-state index contributed by atoms with van der Waals surface area (Å²) >= 11 is 0. The van der Waals surface area contributed by atoms with Gasteiger partial charge in [-0.3, -0.25) is 0 Å². The molecule has 1 atom stereocenters. The largest absolute Gasteiger partial charge is 0.367 e. The van der Waals surface area contributed by atoms with Crippen LogP contribution in [0.2, 0.25) is 0 Å². The van der Waals surface area contributed by atoms with Gasteiger partial charge >= 0.3 is 0 Å². The van der Waals surface area contributed by atoms with Crippen molar-refractivity contribution < 1.29 is 13.7 Å². The van der Waals surface area contributed by atoms with E-state index in [0.29, 0.717) is 6.10 Å². The Morgan fingerprint density at radius 3 is 1.88 bits per heavy atom. The van der Waals surface area contributed by atoms with Gasteiger partial charge in [-0.1, -0.05) is 0 Å². The number of quaternary nitrogens is 2. The molecule has 0 bridgehead atoms. The molecule has 0 radical (unpaired) electrons. The monoisotopic (exact) mass is 232 g/mol. The van der Waals surface area contributed by atoms with E-state index in [1.165, 1.54) is 13.1 Å². The Hall–Kier alpha value is -0.120. The lowest BCUT2D eigenvalue weighted by atomic mass is 10.3. The molecule has 98 valence electrons. The zero-order valence-corrected chi connectivity index (χ0v) is 12.4. The van der Waals surface area contributed by atoms with Gasteiger partial charge in [0.1, 0.15) is 19.2 Å².